The van der Waals surface area contributed by atoms with Gasteiger partial charge in [0.25, 0.3) is 0 Å². The molecule has 3 heterocycles. The van der Waals surface area contributed by atoms with Gasteiger partial charge in [-0.1, -0.05) is 0 Å². The zero-order chi connectivity index (χ0) is 18.2. The molecule has 1 aliphatic heterocycles. The van der Waals surface area contributed by atoms with Crippen LogP contribution < -0.4 is 5.32 Å². The van der Waals surface area contributed by atoms with Crippen LogP contribution in [0, 0.1) is 6.92 Å². The van der Waals surface area contributed by atoms with E-state index in [2.05, 4.69) is 30.7 Å². The first-order valence-corrected chi connectivity index (χ1v) is 8.93. The quantitative estimate of drug-likeness (QED) is 0.724. The monoisotopic (exact) mass is 359 g/mol. The maximum atomic E-state index is 12.0. The number of carbonyl (C=O) groups is 1. The van der Waals surface area contributed by atoms with Crippen molar-refractivity contribution in [3.05, 3.63) is 35.4 Å². The molecule has 1 saturated heterocycles. The Hall–Kier alpha value is -2.39. The predicted molar refractivity (Wildman–Crippen MR) is 94.0 cm³/mol. The Labute approximate surface area is 152 Å². The molecule has 9 nitrogen and oxygen atoms in total. The highest BCUT2D eigenvalue weighted by Gasteiger charge is 2.15. The summed E-state index contributed by atoms with van der Waals surface area (Å²) in [5.74, 6) is 0.865. The van der Waals surface area contributed by atoms with Gasteiger partial charge in [0.05, 0.1) is 19.8 Å². The van der Waals surface area contributed by atoms with Gasteiger partial charge in [-0.15, -0.1) is 5.10 Å². The normalized spacial score (nSPS) is 15.1. The first-order chi connectivity index (χ1) is 12.7. The van der Waals surface area contributed by atoms with E-state index in [0.29, 0.717) is 32.5 Å². The number of pyridine rings is 1. The van der Waals surface area contributed by atoms with E-state index in [4.69, 9.17) is 4.74 Å². The van der Waals surface area contributed by atoms with Gasteiger partial charge in [-0.2, -0.15) is 0 Å². The van der Waals surface area contributed by atoms with Crippen molar-refractivity contribution in [1.82, 2.24) is 35.4 Å². The van der Waals surface area contributed by atoms with Crippen LogP contribution in [0.2, 0.25) is 0 Å². The summed E-state index contributed by atoms with van der Waals surface area (Å²) < 4.78 is 7.14. The number of tetrazole rings is 1. The number of hydrogen-bond acceptors (Lipinski definition) is 7. The molecule has 1 aliphatic rings. The highest BCUT2D eigenvalue weighted by molar-refractivity contribution is 5.75. The fourth-order valence-electron chi connectivity index (χ4n) is 2.84. The van der Waals surface area contributed by atoms with Crippen LogP contribution in [-0.2, 0) is 29.2 Å². The number of nitrogens with zero attached hydrogens (tertiary/aromatic N) is 6. The Kier molecular flexibility index (Phi) is 6.62. The molecular weight excluding hydrogens is 334 g/mol. The van der Waals surface area contributed by atoms with E-state index in [0.717, 1.165) is 43.3 Å². The highest BCUT2D eigenvalue weighted by atomic mass is 16.5. The molecule has 0 spiro atoms. The number of rotatable bonds is 8. The van der Waals surface area contributed by atoms with Crippen molar-refractivity contribution < 1.29 is 9.53 Å². The second-order valence-electron chi connectivity index (χ2n) is 6.39. The lowest BCUT2D eigenvalue weighted by Gasteiger charge is -2.25. The van der Waals surface area contributed by atoms with Crippen molar-refractivity contribution in [2.75, 3.05) is 26.3 Å². The van der Waals surface area contributed by atoms with E-state index in [1.807, 2.05) is 13.0 Å². The highest BCUT2D eigenvalue weighted by Crippen LogP contribution is 2.06. The maximum absolute atomic E-state index is 12.0. The number of amides is 1. The third kappa shape index (κ3) is 5.30. The second-order valence-corrected chi connectivity index (χ2v) is 6.39. The van der Waals surface area contributed by atoms with Crippen LogP contribution in [0.1, 0.15) is 29.8 Å². The van der Waals surface area contributed by atoms with E-state index in [1.165, 1.54) is 0 Å². The maximum Gasteiger partial charge on any atom is 0.220 e. The Morgan fingerprint density at radius 2 is 2.19 bits per heavy atom. The molecule has 0 aromatic carbocycles. The van der Waals surface area contributed by atoms with Crippen molar-refractivity contribution in [1.29, 1.82) is 0 Å². The molecule has 140 valence electrons. The largest absolute Gasteiger partial charge is 0.379 e. The van der Waals surface area contributed by atoms with Crippen molar-refractivity contribution in [2.45, 2.75) is 39.4 Å². The van der Waals surface area contributed by atoms with E-state index in [-0.39, 0.29) is 5.91 Å². The van der Waals surface area contributed by atoms with E-state index in [9.17, 15) is 4.79 Å². The van der Waals surface area contributed by atoms with Gasteiger partial charge in [0.2, 0.25) is 5.91 Å². The molecule has 0 aliphatic carbocycles. The first-order valence-electron chi connectivity index (χ1n) is 8.93. The standard InChI is InChI=1S/C17H25N7O2/c1-14-11-18-5-4-15(14)12-19-17(25)3-2-6-24-16(20-21-22-24)13-23-7-9-26-10-8-23/h4-5,11H,2-3,6-10,12-13H2,1H3,(H,19,25). The third-order valence-electron chi connectivity index (χ3n) is 4.46. The molecule has 2 aromatic heterocycles. The number of aromatic nitrogens is 5. The van der Waals surface area contributed by atoms with E-state index >= 15 is 0 Å². The number of morpholine rings is 1. The summed E-state index contributed by atoms with van der Waals surface area (Å²) in [5, 5.41) is 14.9. The molecule has 0 atom stereocenters. The molecule has 26 heavy (non-hydrogen) atoms. The van der Waals surface area contributed by atoms with Crippen molar-refractivity contribution >= 4 is 5.91 Å². The number of nitrogens with one attached hydrogen (secondary N) is 1. The van der Waals surface area contributed by atoms with Crippen molar-refractivity contribution in [3.8, 4) is 0 Å². The molecule has 1 fully saturated rings. The molecule has 1 amide bonds. The number of carbonyl (C=O) groups excluding carboxylic acids is 1. The number of aryl methyl sites for hydroxylation is 2. The van der Waals surface area contributed by atoms with Crippen LogP contribution in [0.5, 0.6) is 0 Å². The zero-order valence-corrected chi connectivity index (χ0v) is 15.1. The van der Waals surface area contributed by atoms with Gasteiger partial charge >= 0.3 is 0 Å². The summed E-state index contributed by atoms with van der Waals surface area (Å²) in [5.41, 5.74) is 2.16. The molecule has 0 saturated carbocycles. The minimum absolute atomic E-state index is 0.0315. The average Bonchev–Trinajstić information content (AvgIpc) is 3.09. The van der Waals surface area contributed by atoms with Crippen LogP contribution in [0.3, 0.4) is 0 Å². The Morgan fingerprint density at radius 1 is 1.35 bits per heavy atom. The van der Waals surface area contributed by atoms with Gasteiger partial charge in [0, 0.05) is 45.0 Å². The predicted octanol–water partition coefficient (Wildman–Crippen LogP) is 0.305. The smallest absolute Gasteiger partial charge is 0.220 e. The topological polar surface area (TPSA) is 98.1 Å². The summed E-state index contributed by atoms with van der Waals surface area (Å²) in [6.45, 7) is 7.14. The second kappa shape index (κ2) is 9.35. The lowest BCUT2D eigenvalue weighted by molar-refractivity contribution is -0.121. The van der Waals surface area contributed by atoms with Crippen LogP contribution in [-0.4, -0.2) is 62.3 Å². The van der Waals surface area contributed by atoms with E-state index in [1.54, 1.807) is 17.1 Å². The van der Waals surface area contributed by atoms with Gasteiger partial charge in [0.1, 0.15) is 0 Å². The summed E-state index contributed by atoms with van der Waals surface area (Å²) in [6, 6.07) is 1.93. The molecule has 0 unspecified atom stereocenters. The summed E-state index contributed by atoms with van der Waals surface area (Å²) >= 11 is 0. The van der Waals surface area contributed by atoms with Gasteiger partial charge in [-0.25, -0.2) is 4.68 Å². The van der Waals surface area contributed by atoms with Crippen LogP contribution >= 0.6 is 0 Å². The molecule has 2 aromatic rings. The molecular formula is C17H25N7O2. The number of ether oxygens (including phenoxy) is 1. The Balaban J connectivity index is 1.40. The van der Waals surface area contributed by atoms with Crippen LogP contribution in [0.25, 0.3) is 0 Å². The van der Waals surface area contributed by atoms with Gasteiger partial charge in [-0.05, 0) is 41.0 Å². The van der Waals surface area contributed by atoms with Crippen molar-refractivity contribution in [2.24, 2.45) is 0 Å². The van der Waals surface area contributed by atoms with Crippen molar-refractivity contribution in [3.63, 3.8) is 0 Å². The van der Waals surface area contributed by atoms with Crippen LogP contribution in [0.4, 0.5) is 0 Å². The van der Waals surface area contributed by atoms with Gasteiger partial charge in [0.15, 0.2) is 5.82 Å². The molecule has 1 N–H and O–H groups in total. The Bertz CT molecular complexity index is 713. The van der Waals surface area contributed by atoms with Crippen LogP contribution in [0.15, 0.2) is 18.5 Å². The third-order valence-corrected chi connectivity index (χ3v) is 4.46. The lowest BCUT2D eigenvalue weighted by atomic mass is 10.1. The fraction of sp³-hybridized carbons (Fsp3) is 0.588. The minimum atomic E-state index is 0.0315. The van der Waals surface area contributed by atoms with Gasteiger partial charge < -0.3 is 10.1 Å². The summed E-state index contributed by atoms with van der Waals surface area (Å²) in [7, 11) is 0. The van der Waals surface area contributed by atoms with E-state index < -0.39 is 0 Å². The molecule has 0 bridgehead atoms. The first kappa shape index (κ1) is 18.4. The zero-order valence-electron chi connectivity index (χ0n) is 15.1. The summed E-state index contributed by atoms with van der Waals surface area (Å²) in [4.78, 5) is 18.4. The number of hydrogen-bond donors (Lipinski definition) is 1. The fourth-order valence-corrected chi connectivity index (χ4v) is 2.84. The Morgan fingerprint density at radius 3 is 3.00 bits per heavy atom. The molecule has 0 radical (unpaired) electrons. The lowest BCUT2D eigenvalue weighted by Crippen LogP contribution is -2.36. The summed E-state index contributed by atoms with van der Waals surface area (Å²) in [6.07, 6.45) is 4.68. The SMILES string of the molecule is Cc1cnccc1CNC(=O)CCCn1nnnc1CN1CCOCC1. The molecule has 3 rings (SSSR count). The van der Waals surface area contributed by atoms with Gasteiger partial charge in [-0.3, -0.25) is 14.7 Å². The minimum Gasteiger partial charge on any atom is -0.379 e. The molecule has 9 heteroatoms. The average molecular weight is 359 g/mol.